The van der Waals surface area contributed by atoms with Gasteiger partial charge in [-0.2, -0.15) is 4.31 Å². The minimum Gasteiger partial charge on any atom is -0.438 e. The molecule has 0 atom stereocenters. The van der Waals surface area contributed by atoms with Crippen molar-refractivity contribution in [2.75, 3.05) is 26.3 Å². The van der Waals surface area contributed by atoms with Crippen molar-refractivity contribution in [1.29, 1.82) is 0 Å². The van der Waals surface area contributed by atoms with Gasteiger partial charge in [0.2, 0.25) is 11.0 Å². The second kappa shape index (κ2) is 6.30. The van der Waals surface area contributed by atoms with Gasteiger partial charge in [-0.1, -0.05) is 12.8 Å². The molecule has 0 aromatic carbocycles. The summed E-state index contributed by atoms with van der Waals surface area (Å²) in [5.41, 5.74) is 0. The van der Waals surface area contributed by atoms with Gasteiger partial charge in [0.1, 0.15) is 0 Å². The van der Waals surface area contributed by atoms with E-state index in [1.54, 1.807) is 6.07 Å². The first kappa shape index (κ1) is 15.8. The van der Waals surface area contributed by atoms with Crippen LogP contribution in [0.25, 0.3) is 11.7 Å². The van der Waals surface area contributed by atoms with Gasteiger partial charge in [-0.15, -0.1) is 10.2 Å². The lowest BCUT2D eigenvalue weighted by Gasteiger charge is -2.24. The second-order valence-electron chi connectivity index (χ2n) is 6.06. The third kappa shape index (κ3) is 2.87. The van der Waals surface area contributed by atoms with Crippen molar-refractivity contribution in [2.45, 2.75) is 36.7 Å². The van der Waals surface area contributed by atoms with Crippen molar-refractivity contribution in [3.8, 4) is 11.7 Å². The van der Waals surface area contributed by atoms with Crippen LogP contribution in [0.3, 0.4) is 0 Å². The zero-order valence-electron chi connectivity index (χ0n) is 13.2. The summed E-state index contributed by atoms with van der Waals surface area (Å²) < 4.78 is 42.8. The van der Waals surface area contributed by atoms with Gasteiger partial charge in [0, 0.05) is 19.0 Å². The van der Waals surface area contributed by atoms with Crippen LogP contribution >= 0.6 is 0 Å². The van der Waals surface area contributed by atoms with E-state index in [1.165, 1.54) is 23.2 Å². The van der Waals surface area contributed by atoms with Gasteiger partial charge in [-0.05, 0) is 25.0 Å². The van der Waals surface area contributed by atoms with Crippen LogP contribution < -0.4 is 0 Å². The third-order valence-corrected chi connectivity index (χ3v) is 6.27. The van der Waals surface area contributed by atoms with E-state index >= 15 is 0 Å². The minimum atomic E-state index is -3.66. The molecule has 9 heteroatoms. The zero-order chi connectivity index (χ0) is 16.6. The molecule has 1 saturated heterocycles. The minimum absolute atomic E-state index is 0.111. The first-order valence-electron chi connectivity index (χ1n) is 8.16. The molecule has 8 nitrogen and oxygen atoms in total. The lowest BCUT2D eigenvalue weighted by Crippen LogP contribution is -2.40. The number of nitrogens with zero attached hydrogens (tertiary/aromatic N) is 3. The molecule has 0 bridgehead atoms. The zero-order valence-corrected chi connectivity index (χ0v) is 14.0. The average molecular weight is 353 g/mol. The fraction of sp³-hybridized carbons (Fsp3) is 0.600. The maximum atomic E-state index is 12.6. The predicted octanol–water partition coefficient (Wildman–Crippen LogP) is 2.01. The van der Waals surface area contributed by atoms with Crippen molar-refractivity contribution in [2.24, 2.45) is 0 Å². The van der Waals surface area contributed by atoms with Crippen LogP contribution in [0.15, 0.2) is 26.1 Å². The maximum absolute atomic E-state index is 12.6. The molecular formula is C15H19N3O5S. The Kier molecular flexibility index (Phi) is 4.15. The summed E-state index contributed by atoms with van der Waals surface area (Å²) in [6.45, 7) is 1.43. The van der Waals surface area contributed by atoms with Gasteiger partial charge >= 0.3 is 0 Å². The maximum Gasteiger partial charge on any atom is 0.283 e. The van der Waals surface area contributed by atoms with Gasteiger partial charge in [0.15, 0.2) is 5.76 Å². The Labute approximate surface area is 139 Å². The van der Waals surface area contributed by atoms with Gasteiger partial charge in [-0.25, -0.2) is 8.42 Å². The molecular weight excluding hydrogens is 334 g/mol. The number of aromatic nitrogens is 2. The summed E-state index contributed by atoms with van der Waals surface area (Å²) in [6.07, 6.45) is 4.45. The van der Waals surface area contributed by atoms with Crippen molar-refractivity contribution in [1.82, 2.24) is 14.5 Å². The molecule has 0 N–H and O–H groups in total. The molecule has 4 rings (SSSR count). The van der Waals surface area contributed by atoms with E-state index in [9.17, 15) is 8.42 Å². The molecule has 24 heavy (non-hydrogen) atoms. The van der Waals surface area contributed by atoms with E-state index in [2.05, 4.69) is 10.2 Å². The molecule has 2 aromatic heterocycles. The van der Waals surface area contributed by atoms with Gasteiger partial charge in [0.05, 0.1) is 13.2 Å². The number of sulfonamides is 1. The lowest BCUT2D eigenvalue weighted by atomic mass is 10.1. The quantitative estimate of drug-likeness (QED) is 0.829. The standard InChI is InChI=1S/C15H19N3O5S/c19-24(20,18-7-9-21-10-8-18)13-6-5-12(22-13)15-17-16-14(23-15)11-3-1-2-4-11/h5-6,11H,1-4,7-10H2. The van der Waals surface area contributed by atoms with E-state index in [0.29, 0.717) is 38.1 Å². The highest BCUT2D eigenvalue weighted by Gasteiger charge is 2.30. The van der Waals surface area contributed by atoms with Crippen molar-refractivity contribution in [3.63, 3.8) is 0 Å². The van der Waals surface area contributed by atoms with Gasteiger partial charge in [-0.3, -0.25) is 0 Å². The highest BCUT2D eigenvalue weighted by molar-refractivity contribution is 7.89. The van der Waals surface area contributed by atoms with Crippen LogP contribution in [0.4, 0.5) is 0 Å². The average Bonchev–Trinajstić information content (AvgIpc) is 3.34. The van der Waals surface area contributed by atoms with Crippen molar-refractivity contribution >= 4 is 10.0 Å². The molecule has 0 radical (unpaired) electrons. The second-order valence-corrected chi connectivity index (χ2v) is 7.93. The molecule has 2 aromatic rings. The summed E-state index contributed by atoms with van der Waals surface area (Å²) >= 11 is 0. The monoisotopic (exact) mass is 353 g/mol. The fourth-order valence-electron chi connectivity index (χ4n) is 3.16. The van der Waals surface area contributed by atoms with E-state index in [1.807, 2.05) is 0 Å². The number of hydrogen-bond donors (Lipinski definition) is 0. The van der Waals surface area contributed by atoms with Crippen LogP contribution in [0.2, 0.25) is 0 Å². The number of rotatable bonds is 4. The molecule has 0 spiro atoms. The molecule has 1 aliphatic heterocycles. The molecule has 1 saturated carbocycles. The Hall–Kier alpha value is -1.71. The molecule has 3 heterocycles. The molecule has 2 fully saturated rings. The van der Waals surface area contributed by atoms with Crippen molar-refractivity contribution < 1.29 is 22.0 Å². The number of hydrogen-bond acceptors (Lipinski definition) is 7. The van der Waals surface area contributed by atoms with Gasteiger partial charge < -0.3 is 13.6 Å². The van der Waals surface area contributed by atoms with E-state index < -0.39 is 10.0 Å². The first-order chi connectivity index (χ1) is 11.6. The third-order valence-electron chi connectivity index (χ3n) is 4.50. The van der Waals surface area contributed by atoms with Crippen molar-refractivity contribution in [3.05, 3.63) is 18.0 Å². The Morgan fingerprint density at radius 2 is 1.79 bits per heavy atom. The van der Waals surface area contributed by atoms with Crippen LogP contribution in [0.1, 0.15) is 37.5 Å². The fourth-order valence-corrected chi connectivity index (χ4v) is 4.48. The normalized spacial score (nSPS) is 20.7. The van der Waals surface area contributed by atoms with Crippen LogP contribution in [-0.4, -0.2) is 49.2 Å². The Balaban J connectivity index is 1.56. The van der Waals surface area contributed by atoms with E-state index in [4.69, 9.17) is 13.6 Å². The Morgan fingerprint density at radius 1 is 1.04 bits per heavy atom. The molecule has 0 unspecified atom stereocenters. The number of morpholine rings is 1. The first-order valence-corrected chi connectivity index (χ1v) is 9.60. The summed E-state index contributed by atoms with van der Waals surface area (Å²) in [5.74, 6) is 1.41. The summed E-state index contributed by atoms with van der Waals surface area (Å²) in [7, 11) is -3.66. The SMILES string of the molecule is O=S(=O)(c1ccc(-c2nnc(C3CCCC3)o2)o1)N1CCOCC1. The summed E-state index contributed by atoms with van der Waals surface area (Å²) in [5, 5.41) is 7.97. The molecule has 1 aliphatic carbocycles. The van der Waals surface area contributed by atoms with Crippen LogP contribution in [0.5, 0.6) is 0 Å². The summed E-state index contributed by atoms with van der Waals surface area (Å²) in [6, 6.07) is 2.98. The topological polar surface area (TPSA) is 98.7 Å². The number of furan rings is 1. The highest BCUT2D eigenvalue weighted by Crippen LogP contribution is 2.35. The van der Waals surface area contributed by atoms with E-state index in [0.717, 1.165) is 12.8 Å². The molecule has 2 aliphatic rings. The van der Waals surface area contributed by atoms with Crippen LogP contribution in [0, 0.1) is 0 Å². The smallest absolute Gasteiger partial charge is 0.283 e. The van der Waals surface area contributed by atoms with Gasteiger partial charge in [0.25, 0.3) is 15.9 Å². The van der Waals surface area contributed by atoms with Crippen LogP contribution in [-0.2, 0) is 14.8 Å². The lowest BCUT2D eigenvalue weighted by molar-refractivity contribution is 0.0724. The largest absolute Gasteiger partial charge is 0.438 e. The highest BCUT2D eigenvalue weighted by atomic mass is 32.2. The Morgan fingerprint density at radius 3 is 2.54 bits per heavy atom. The number of ether oxygens (including phenoxy) is 1. The predicted molar refractivity (Wildman–Crippen MR) is 82.8 cm³/mol. The summed E-state index contributed by atoms with van der Waals surface area (Å²) in [4.78, 5) is 0. The molecule has 130 valence electrons. The molecule has 0 amide bonds. The van der Waals surface area contributed by atoms with E-state index in [-0.39, 0.29) is 16.7 Å². The Bertz CT molecular complexity index is 801.